The summed E-state index contributed by atoms with van der Waals surface area (Å²) in [5.41, 5.74) is 2.70. The van der Waals surface area contributed by atoms with Crippen molar-refractivity contribution in [2.75, 3.05) is 5.32 Å². The number of nitriles is 1. The maximum absolute atomic E-state index is 14.4. The number of halogens is 2. The number of aryl methyl sites for hydroxylation is 2. The molecule has 0 spiro atoms. The predicted octanol–water partition coefficient (Wildman–Crippen LogP) is 5.04. The Kier molecular flexibility index (Phi) is 5.45. The molecule has 0 fully saturated rings. The number of nitrogens with one attached hydrogen (secondary N) is 1. The minimum absolute atomic E-state index is 0.116. The van der Waals surface area contributed by atoms with Crippen LogP contribution >= 0.6 is 11.6 Å². The van der Waals surface area contributed by atoms with Gasteiger partial charge in [-0.25, -0.2) is 4.98 Å². The molecule has 0 aliphatic carbocycles. The predicted molar refractivity (Wildman–Crippen MR) is 120 cm³/mol. The summed E-state index contributed by atoms with van der Waals surface area (Å²) in [6.07, 6.45) is 1.47. The first kappa shape index (κ1) is 21.5. The van der Waals surface area contributed by atoms with E-state index in [1.54, 1.807) is 32.2 Å². The molecular weight excluding hydrogens is 433 g/mol. The average Bonchev–Trinajstić information content (AvgIpc) is 3.09. The van der Waals surface area contributed by atoms with Crippen LogP contribution in [0.2, 0.25) is 5.15 Å². The largest absolute Gasteiger partial charge is 0.455 e. The molecule has 7 nitrogen and oxygen atoms in total. The molecule has 3 heterocycles. The summed E-state index contributed by atoms with van der Waals surface area (Å²) >= 11 is 5.89. The summed E-state index contributed by atoms with van der Waals surface area (Å²) in [5.74, 6) is -0.583. The second-order valence-electron chi connectivity index (χ2n) is 7.63. The van der Waals surface area contributed by atoms with Crippen molar-refractivity contribution in [1.29, 1.82) is 5.26 Å². The van der Waals surface area contributed by atoms with Crippen LogP contribution < -0.4 is 10.7 Å². The van der Waals surface area contributed by atoms with Gasteiger partial charge in [0.25, 0.3) is 0 Å². The van der Waals surface area contributed by atoms with Gasteiger partial charge in [-0.3, -0.25) is 9.48 Å². The van der Waals surface area contributed by atoms with Crippen molar-refractivity contribution in [3.8, 4) is 17.4 Å². The van der Waals surface area contributed by atoms with E-state index < -0.39 is 5.95 Å². The molecule has 0 amide bonds. The molecule has 0 saturated carbocycles. The fourth-order valence-electron chi connectivity index (χ4n) is 3.71. The Morgan fingerprint density at radius 3 is 2.72 bits per heavy atom. The van der Waals surface area contributed by atoms with Crippen molar-refractivity contribution in [3.05, 3.63) is 74.2 Å². The lowest BCUT2D eigenvalue weighted by Gasteiger charge is -2.19. The van der Waals surface area contributed by atoms with E-state index in [1.807, 2.05) is 26.0 Å². The minimum atomic E-state index is -0.719. The van der Waals surface area contributed by atoms with Crippen LogP contribution in [0.5, 0.6) is 0 Å². The van der Waals surface area contributed by atoms with Gasteiger partial charge in [0.15, 0.2) is 11.1 Å². The molecule has 162 valence electrons. The van der Waals surface area contributed by atoms with E-state index in [-0.39, 0.29) is 33.6 Å². The van der Waals surface area contributed by atoms with E-state index in [2.05, 4.69) is 15.4 Å². The Bertz CT molecular complexity index is 1470. The molecule has 9 heteroatoms. The van der Waals surface area contributed by atoms with E-state index >= 15 is 0 Å². The van der Waals surface area contributed by atoms with Crippen molar-refractivity contribution in [3.63, 3.8) is 0 Å². The average molecular weight is 452 g/mol. The van der Waals surface area contributed by atoms with Gasteiger partial charge in [0.1, 0.15) is 22.6 Å². The molecule has 1 unspecified atom stereocenters. The van der Waals surface area contributed by atoms with E-state index in [1.165, 1.54) is 10.9 Å². The van der Waals surface area contributed by atoms with Gasteiger partial charge >= 0.3 is 0 Å². The normalized spacial score (nSPS) is 12.0. The molecule has 1 aromatic carbocycles. The number of fused-ring (bicyclic) bond motifs is 1. The van der Waals surface area contributed by atoms with Crippen LogP contribution in [0.1, 0.15) is 35.3 Å². The van der Waals surface area contributed by atoms with Crippen molar-refractivity contribution < 1.29 is 8.81 Å². The fraction of sp³-hybridized carbons (Fsp3) is 0.217. The van der Waals surface area contributed by atoms with Gasteiger partial charge in [-0.15, -0.1) is 5.10 Å². The van der Waals surface area contributed by atoms with Crippen LogP contribution in [0.25, 0.3) is 22.3 Å². The van der Waals surface area contributed by atoms with E-state index in [0.29, 0.717) is 27.8 Å². The number of pyridine rings is 1. The molecule has 32 heavy (non-hydrogen) atoms. The smallest absolute Gasteiger partial charge is 0.243 e. The summed E-state index contributed by atoms with van der Waals surface area (Å²) in [7, 11) is 1.59. The number of anilines is 1. The monoisotopic (exact) mass is 451 g/mol. The second kappa shape index (κ2) is 8.09. The standard InChI is InChI=1S/C23H19ClFN5O2/c1-11-7-14(13(3)27-17-5-6-19(24)28-18(17)9-26)22-15(8-11)20(31)12(2)21(32-22)16-10-30(4)29-23(16)25/h5-8,10,13,27H,1-4H3. The van der Waals surface area contributed by atoms with Gasteiger partial charge in [-0.1, -0.05) is 17.7 Å². The van der Waals surface area contributed by atoms with Gasteiger partial charge in [-0.2, -0.15) is 9.65 Å². The highest BCUT2D eigenvalue weighted by Crippen LogP contribution is 2.33. The molecule has 1 N–H and O–H groups in total. The first-order valence-corrected chi connectivity index (χ1v) is 10.2. The highest BCUT2D eigenvalue weighted by atomic mass is 35.5. The third-order valence-corrected chi connectivity index (χ3v) is 5.44. The second-order valence-corrected chi connectivity index (χ2v) is 8.02. The van der Waals surface area contributed by atoms with Gasteiger partial charge in [0.2, 0.25) is 5.95 Å². The van der Waals surface area contributed by atoms with Crippen molar-refractivity contribution in [2.45, 2.75) is 26.8 Å². The van der Waals surface area contributed by atoms with Crippen LogP contribution in [0, 0.1) is 31.1 Å². The van der Waals surface area contributed by atoms with Crippen molar-refractivity contribution >= 4 is 28.3 Å². The molecule has 1 atom stereocenters. The number of hydrogen-bond donors (Lipinski definition) is 1. The zero-order chi connectivity index (χ0) is 23.2. The summed E-state index contributed by atoms with van der Waals surface area (Å²) in [6.45, 7) is 5.35. The molecule has 4 aromatic rings. The molecule has 4 rings (SSSR count). The molecule has 0 aliphatic rings. The highest BCUT2D eigenvalue weighted by molar-refractivity contribution is 6.29. The summed E-state index contributed by atoms with van der Waals surface area (Å²) in [4.78, 5) is 17.2. The molecule has 0 aliphatic heterocycles. The molecule has 0 saturated heterocycles. The van der Waals surface area contributed by atoms with E-state index in [9.17, 15) is 14.4 Å². The van der Waals surface area contributed by atoms with E-state index in [4.69, 9.17) is 16.0 Å². The number of rotatable bonds is 4. The topological polar surface area (TPSA) is 96.7 Å². The lowest BCUT2D eigenvalue weighted by Crippen LogP contribution is -2.13. The van der Waals surface area contributed by atoms with Crippen LogP contribution in [0.3, 0.4) is 0 Å². The zero-order valence-corrected chi connectivity index (χ0v) is 18.6. The number of aromatic nitrogens is 3. The molecule has 0 bridgehead atoms. The van der Waals surface area contributed by atoms with Gasteiger partial charge in [0.05, 0.1) is 22.7 Å². The van der Waals surface area contributed by atoms with Crippen molar-refractivity contribution in [2.24, 2.45) is 7.05 Å². The van der Waals surface area contributed by atoms with E-state index in [0.717, 1.165) is 5.56 Å². The Balaban J connectivity index is 1.91. The highest BCUT2D eigenvalue weighted by Gasteiger charge is 2.22. The summed E-state index contributed by atoms with van der Waals surface area (Å²) in [5, 5.41) is 17.0. The first-order valence-electron chi connectivity index (χ1n) is 9.80. The number of benzene rings is 1. The Morgan fingerprint density at radius 2 is 2.06 bits per heavy atom. The van der Waals surface area contributed by atoms with Crippen LogP contribution in [0.15, 0.2) is 39.7 Å². The van der Waals surface area contributed by atoms with Gasteiger partial charge < -0.3 is 9.73 Å². The Hall–Kier alpha value is -3.70. The first-order chi connectivity index (χ1) is 15.2. The van der Waals surface area contributed by atoms with Crippen molar-refractivity contribution in [1.82, 2.24) is 14.8 Å². The fourth-order valence-corrected chi connectivity index (χ4v) is 3.86. The number of hydrogen-bond acceptors (Lipinski definition) is 6. The lowest BCUT2D eigenvalue weighted by atomic mass is 9.99. The van der Waals surface area contributed by atoms with Crippen LogP contribution in [0.4, 0.5) is 10.1 Å². The van der Waals surface area contributed by atoms with Crippen LogP contribution in [-0.4, -0.2) is 14.8 Å². The summed E-state index contributed by atoms with van der Waals surface area (Å²) in [6, 6.07) is 8.53. The number of nitrogens with zero attached hydrogens (tertiary/aromatic N) is 4. The Morgan fingerprint density at radius 1 is 1.31 bits per heavy atom. The third kappa shape index (κ3) is 3.72. The SMILES string of the molecule is Cc1cc(C(C)Nc2ccc(Cl)nc2C#N)c2oc(-c3cn(C)nc3F)c(C)c(=O)c2c1. The lowest BCUT2D eigenvalue weighted by molar-refractivity contribution is 0.547. The molecule has 3 aromatic heterocycles. The minimum Gasteiger partial charge on any atom is -0.455 e. The zero-order valence-electron chi connectivity index (χ0n) is 17.8. The maximum Gasteiger partial charge on any atom is 0.243 e. The molecular formula is C23H19ClFN5O2. The molecule has 0 radical (unpaired) electrons. The van der Waals surface area contributed by atoms with Gasteiger partial charge in [0, 0.05) is 24.4 Å². The third-order valence-electron chi connectivity index (χ3n) is 5.23. The maximum atomic E-state index is 14.4. The quantitative estimate of drug-likeness (QED) is 0.436. The Labute approximate surface area is 188 Å². The van der Waals surface area contributed by atoms with Gasteiger partial charge in [-0.05, 0) is 44.5 Å². The summed E-state index contributed by atoms with van der Waals surface area (Å²) < 4.78 is 21.8. The van der Waals surface area contributed by atoms with Crippen LogP contribution in [-0.2, 0) is 7.05 Å².